The molecule has 0 aliphatic heterocycles. The molecule has 144 valence electrons. The van der Waals surface area contributed by atoms with Gasteiger partial charge in [0.1, 0.15) is 12.6 Å². The SMILES string of the molecule is CC(C)CC([NH3+])NC(=O)C(NC(=O)OCc1ccccc1)c1ccccc1. The van der Waals surface area contributed by atoms with Gasteiger partial charge in [0.25, 0.3) is 5.91 Å². The maximum absolute atomic E-state index is 12.7. The van der Waals surface area contributed by atoms with E-state index in [1.165, 1.54) is 0 Å². The Labute approximate surface area is 160 Å². The van der Waals surface area contributed by atoms with Crippen molar-refractivity contribution >= 4 is 12.0 Å². The van der Waals surface area contributed by atoms with Crippen molar-refractivity contribution < 1.29 is 20.1 Å². The van der Waals surface area contributed by atoms with Gasteiger partial charge in [-0.2, -0.15) is 0 Å². The number of amides is 2. The normalized spacial score (nSPS) is 12.9. The van der Waals surface area contributed by atoms with Crippen molar-refractivity contribution in [3.05, 3.63) is 71.8 Å². The molecule has 0 aliphatic rings. The molecule has 0 spiro atoms. The van der Waals surface area contributed by atoms with Gasteiger partial charge >= 0.3 is 6.09 Å². The third-order valence-electron chi connectivity index (χ3n) is 3.97. The highest BCUT2D eigenvalue weighted by molar-refractivity contribution is 5.86. The first-order valence-corrected chi connectivity index (χ1v) is 9.11. The molecule has 0 saturated heterocycles. The second-order valence-corrected chi connectivity index (χ2v) is 6.88. The molecule has 0 bridgehead atoms. The second kappa shape index (κ2) is 10.3. The van der Waals surface area contributed by atoms with Crippen LogP contribution >= 0.6 is 0 Å². The number of carbonyl (C=O) groups excluding carboxylic acids is 2. The number of ether oxygens (including phenoxy) is 1. The summed E-state index contributed by atoms with van der Waals surface area (Å²) in [6.45, 7) is 4.28. The van der Waals surface area contributed by atoms with E-state index in [-0.39, 0.29) is 18.7 Å². The highest BCUT2D eigenvalue weighted by atomic mass is 16.5. The lowest BCUT2D eigenvalue weighted by molar-refractivity contribution is -0.429. The minimum absolute atomic E-state index is 0.140. The van der Waals surface area contributed by atoms with Crippen molar-refractivity contribution in [3.8, 4) is 0 Å². The number of rotatable bonds is 8. The molecule has 2 rings (SSSR count). The minimum Gasteiger partial charge on any atom is -0.445 e. The Kier molecular flexibility index (Phi) is 7.82. The summed E-state index contributed by atoms with van der Waals surface area (Å²) in [5, 5.41) is 5.53. The molecule has 6 nitrogen and oxygen atoms in total. The van der Waals surface area contributed by atoms with Gasteiger partial charge in [-0.1, -0.05) is 74.5 Å². The number of carbonyl (C=O) groups is 2. The summed E-state index contributed by atoms with van der Waals surface area (Å²) in [6.07, 6.45) is -0.121. The van der Waals surface area contributed by atoms with Gasteiger partial charge in [0.15, 0.2) is 6.17 Å². The Bertz CT molecular complexity index is 720. The summed E-state index contributed by atoms with van der Waals surface area (Å²) < 4.78 is 5.25. The monoisotopic (exact) mass is 370 g/mol. The van der Waals surface area contributed by atoms with Gasteiger partial charge in [-0.05, 0) is 17.0 Å². The molecule has 2 amide bonds. The summed E-state index contributed by atoms with van der Waals surface area (Å²) in [6, 6.07) is 17.6. The summed E-state index contributed by atoms with van der Waals surface area (Å²) >= 11 is 0. The molecule has 27 heavy (non-hydrogen) atoms. The van der Waals surface area contributed by atoms with Gasteiger partial charge < -0.3 is 21.1 Å². The Morgan fingerprint density at radius 2 is 1.56 bits per heavy atom. The van der Waals surface area contributed by atoms with Gasteiger partial charge in [-0.15, -0.1) is 0 Å². The molecule has 0 aromatic heterocycles. The standard InChI is InChI=1S/C21H27N3O3/c1-15(2)13-18(22)23-20(25)19(17-11-7-4-8-12-17)24-21(26)27-14-16-9-5-3-6-10-16/h3-12,15,18-19H,13-14,22H2,1-2H3,(H,23,25)(H,24,26)/p+1. The molecular formula is C21H28N3O3+. The fourth-order valence-electron chi connectivity index (χ4n) is 2.74. The van der Waals surface area contributed by atoms with Gasteiger partial charge in [0.05, 0.1) is 0 Å². The summed E-state index contributed by atoms with van der Waals surface area (Å²) in [7, 11) is 0. The van der Waals surface area contributed by atoms with Crippen molar-refractivity contribution in [2.45, 2.75) is 39.1 Å². The first kappa shape index (κ1) is 20.5. The lowest BCUT2D eigenvalue weighted by atomic mass is 10.1. The van der Waals surface area contributed by atoms with Crippen LogP contribution in [-0.4, -0.2) is 18.2 Å². The van der Waals surface area contributed by atoms with E-state index in [2.05, 4.69) is 30.2 Å². The number of nitrogens with one attached hydrogen (secondary N) is 2. The Hall–Kier alpha value is -2.86. The van der Waals surface area contributed by atoms with E-state index in [4.69, 9.17) is 4.74 Å². The minimum atomic E-state index is -0.842. The van der Waals surface area contributed by atoms with Crippen molar-refractivity contribution in [1.82, 2.24) is 10.6 Å². The highest BCUT2D eigenvalue weighted by Crippen LogP contribution is 2.14. The maximum Gasteiger partial charge on any atom is 0.408 e. The predicted octanol–water partition coefficient (Wildman–Crippen LogP) is 2.38. The van der Waals surface area contributed by atoms with E-state index in [0.29, 0.717) is 11.5 Å². The van der Waals surface area contributed by atoms with Gasteiger partial charge in [-0.25, -0.2) is 4.79 Å². The molecule has 5 N–H and O–H groups in total. The predicted molar refractivity (Wildman–Crippen MR) is 103 cm³/mol. The van der Waals surface area contributed by atoms with Crippen LogP contribution in [0.3, 0.4) is 0 Å². The van der Waals surface area contributed by atoms with E-state index in [9.17, 15) is 9.59 Å². The van der Waals surface area contributed by atoms with E-state index < -0.39 is 12.1 Å². The molecule has 0 aliphatic carbocycles. The van der Waals surface area contributed by atoms with Crippen LogP contribution in [0.4, 0.5) is 4.79 Å². The molecule has 0 fully saturated rings. The lowest BCUT2D eigenvalue weighted by Gasteiger charge is -2.21. The average molecular weight is 370 g/mol. The average Bonchev–Trinajstić information content (AvgIpc) is 2.65. The van der Waals surface area contributed by atoms with Gasteiger partial charge in [0.2, 0.25) is 0 Å². The largest absolute Gasteiger partial charge is 0.445 e. The maximum atomic E-state index is 12.7. The van der Waals surface area contributed by atoms with Crippen LogP contribution in [0.2, 0.25) is 0 Å². The van der Waals surface area contributed by atoms with E-state index >= 15 is 0 Å². The Balaban J connectivity index is 2.01. The van der Waals surface area contributed by atoms with Crippen LogP contribution in [0.15, 0.2) is 60.7 Å². The molecule has 0 saturated carbocycles. The number of alkyl carbamates (subject to hydrolysis) is 1. The molecular weight excluding hydrogens is 342 g/mol. The first-order valence-electron chi connectivity index (χ1n) is 9.11. The smallest absolute Gasteiger partial charge is 0.408 e. The number of benzene rings is 2. The molecule has 2 aromatic carbocycles. The van der Waals surface area contributed by atoms with Crippen LogP contribution in [-0.2, 0) is 16.1 Å². The van der Waals surface area contributed by atoms with Gasteiger partial charge in [-0.3, -0.25) is 4.79 Å². The number of hydrogen-bond acceptors (Lipinski definition) is 3. The van der Waals surface area contributed by atoms with Gasteiger partial charge in [0, 0.05) is 6.42 Å². The zero-order chi connectivity index (χ0) is 19.6. The van der Waals surface area contributed by atoms with Crippen molar-refractivity contribution in [3.63, 3.8) is 0 Å². The lowest BCUT2D eigenvalue weighted by Crippen LogP contribution is -2.70. The molecule has 2 unspecified atom stereocenters. The highest BCUT2D eigenvalue weighted by Gasteiger charge is 2.25. The topological polar surface area (TPSA) is 95.1 Å². The Morgan fingerprint density at radius 1 is 0.963 bits per heavy atom. The van der Waals surface area contributed by atoms with Crippen LogP contribution in [0, 0.1) is 5.92 Å². The van der Waals surface area contributed by atoms with Crippen LogP contribution in [0.5, 0.6) is 0 Å². The van der Waals surface area contributed by atoms with Crippen molar-refractivity contribution in [2.24, 2.45) is 5.92 Å². The van der Waals surface area contributed by atoms with Crippen molar-refractivity contribution in [1.29, 1.82) is 0 Å². The Morgan fingerprint density at radius 3 is 2.15 bits per heavy atom. The summed E-state index contributed by atoms with van der Waals surface area (Å²) in [4.78, 5) is 25.0. The molecule has 2 aromatic rings. The van der Waals surface area contributed by atoms with Crippen LogP contribution < -0.4 is 16.4 Å². The fraction of sp³-hybridized carbons (Fsp3) is 0.333. The molecule has 2 atom stereocenters. The quantitative estimate of drug-likeness (QED) is 0.623. The number of quaternary nitrogens is 1. The molecule has 6 heteroatoms. The van der Waals surface area contributed by atoms with E-state index in [1.807, 2.05) is 48.5 Å². The molecule has 0 radical (unpaired) electrons. The zero-order valence-electron chi connectivity index (χ0n) is 15.9. The van der Waals surface area contributed by atoms with Crippen LogP contribution in [0.1, 0.15) is 37.4 Å². The summed E-state index contributed by atoms with van der Waals surface area (Å²) in [5.41, 5.74) is 5.54. The number of hydrogen-bond donors (Lipinski definition) is 3. The van der Waals surface area contributed by atoms with Crippen molar-refractivity contribution in [2.75, 3.05) is 0 Å². The first-order chi connectivity index (χ1) is 13.0. The van der Waals surface area contributed by atoms with E-state index in [1.54, 1.807) is 12.1 Å². The zero-order valence-corrected chi connectivity index (χ0v) is 15.9. The van der Waals surface area contributed by atoms with Crippen LogP contribution in [0.25, 0.3) is 0 Å². The third kappa shape index (κ3) is 7.11. The third-order valence-corrected chi connectivity index (χ3v) is 3.97. The fourth-order valence-corrected chi connectivity index (χ4v) is 2.74. The summed E-state index contributed by atoms with van der Waals surface area (Å²) in [5.74, 6) is 0.102. The molecule has 0 heterocycles. The van der Waals surface area contributed by atoms with E-state index in [0.717, 1.165) is 12.0 Å². The second-order valence-electron chi connectivity index (χ2n) is 6.88.